The van der Waals surface area contributed by atoms with E-state index >= 15 is 0 Å². The van der Waals surface area contributed by atoms with Crippen LogP contribution >= 0.6 is 0 Å². The van der Waals surface area contributed by atoms with Crippen LogP contribution < -0.4 is 15.5 Å². The number of hydrogen-bond acceptors (Lipinski definition) is 7. The summed E-state index contributed by atoms with van der Waals surface area (Å²) in [6.45, 7) is 5.40. The molecule has 3 aromatic rings. The number of likely N-dealkylation sites (N-methyl/N-ethyl adjacent to an activating group) is 1. The molecule has 4 heterocycles. The average molecular weight is 486 g/mol. The predicted octanol–water partition coefficient (Wildman–Crippen LogP) is 2.67. The van der Waals surface area contributed by atoms with E-state index in [2.05, 4.69) is 54.7 Å². The van der Waals surface area contributed by atoms with Crippen molar-refractivity contribution in [1.29, 1.82) is 0 Å². The van der Waals surface area contributed by atoms with Crippen LogP contribution in [0.1, 0.15) is 27.2 Å². The molecule has 0 radical (unpaired) electrons. The number of ether oxygens (including phenoxy) is 1. The summed E-state index contributed by atoms with van der Waals surface area (Å²) in [6.07, 6.45) is 1.98. The summed E-state index contributed by atoms with van der Waals surface area (Å²) in [6, 6.07) is 18.0. The molecule has 6 rings (SSSR count). The van der Waals surface area contributed by atoms with Gasteiger partial charge in [0, 0.05) is 68.4 Å². The maximum atomic E-state index is 13.0. The Morgan fingerprint density at radius 3 is 2.42 bits per heavy atom. The number of H-pyrrole nitrogens is 1. The van der Waals surface area contributed by atoms with E-state index in [1.54, 1.807) is 7.11 Å². The van der Waals surface area contributed by atoms with Gasteiger partial charge in [0.25, 0.3) is 5.91 Å². The summed E-state index contributed by atoms with van der Waals surface area (Å²) in [5.41, 5.74) is 5.20. The first-order valence-corrected chi connectivity index (χ1v) is 12.3. The van der Waals surface area contributed by atoms with Crippen molar-refractivity contribution >= 4 is 17.4 Å². The van der Waals surface area contributed by atoms with Crippen LogP contribution in [0.3, 0.4) is 0 Å². The van der Waals surface area contributed by atoms with Gasteiger partial charge in [0.1, 0.15) is 0 Å². The monoisotopic (exact) mass is 485 g/mol. The predicted molar refractivity (Wildman–Crippen MR) is 138 cm³/mol. The van der Waals surface area contributed by atoms with Crippen molar-refractivity contribution in [2.45, 2.75) is 18.8 Å². The lowest BCUT2D eigenvalue weighted by atomic mass is 9.93. The Morgan fingerprint density at radius 2 is 1.75 bits per heavy atom. The van der Waals surface area contributed by atoms with Crippen molar-refractivity contribution in [3.63, 3.8) is 0 Å². The summed E-state index contributed by atoms with van der Waals surface area (Å²) >= 11 is 0. The topological polar surface area (TPSA) is 88.8 Å². The van der Waals surface area contributed by atoms with Gasteiger partial charge in [-0.15, -0.1) is 0 Å². The van der Waals surface area contributed by atoms with E-state index in [1.165, 1.54) is 0 Å². The molecule has 2 aromatic carbocycles. The molecular formula is C27H31N7O2. The van der Waals surface area contributed by atoms with E-state index in [0.29, 0.717) is 24.5 Å². The van der Waals surface area contributed by atoms with Crippen LogP contribution in [0.4, 0.5) is 11.5 Å². The van der Waals surface area contributed by atoms with Crippen molar-refractivity contribution in [2.24, 2.45) is 0 Å². The number of amides is 1. The van der Waals surface area contributed by atoms with Crippen molar-refractivity contribution in [3.05, 3.63) is 88.9 Å². The van der Waals surface area contributed by atoms with E-state index in [0.717, 1.165) is 54.4 Å². The molecule has 1 aromatic heterocycles. The summed E-state index contributed by atoms with van der Waals surface area (Å²) in [5.74, 6) is 0.420. The molecule has 1 atom stereocenters. The lowest BCUT2D eigenvalue weighted by Crippen LogP contribution is -2.55. The van der Waals surface area contributed by atoms with E-state index in [4.69, 9.17) is 4.74 Å². The second-order valence-corrected chi connectivity index (χ2v) is 9.60. The highest BCUT2D eigenvalue weighted by atomic mass is 16.5. The van der Waals surface area contributed by atoms with E-state index in [9.17, 15) is 4.79 Å². The van der Waals surface area contributed by atoms with E-state index < -0.39 is 5.72 Å². The Balaban J connectivity index is 1.13. The van der Waals surface area contributed by atoms with Gasteiger partial charge in [0.15, 0.2) is 5.82 Å². The second-order valence-electron chi connectivity index (χ2n) is 9.60. The summed E-state index contributed by atoms with van der Waals surface area (Å²) in [5, 5.41) is 13.9. The van der Waals surface area contributed by atoms with E-state index in [-0.39, 0.29) is 5.91 Å². The van der Waals surface area contributed by atoms with Crippen LogP contribution in [0.2, 0.25) is 0 Å². The zero-order valence-corrected chi connectivity index (χ0v) is 20.6. The molecule has 9 heteroatoms. The summed E-state index contributed by atoms with van der Waals surface area (Å²) < 4.78 is 5.95. The standard InChI is InChI=1S/C27H31N7O2/c1-32-12-14-33(15-13-32)21-10-8-19(9-11-21)26(35)29-25-22-17-34(18-23(22)30-31-25)24-16-28-27(24,36-2)20-6-4-3-5-7-20/h3-11,16,28H,12-15,17-18H2,1-2H3,(H2,29,30,31,35)/t27-/m1/s1. The number of carbonyl (C=O) groups is 1. The zero-order valence-electron chi connectivity index (χ0n) is 20.6. The number of carbonyl (C=O) groups excluding carboxylic acids is 1. The quantitative estimate of drug-likeness (QED) is 0.495. The number of hydrogen-bond donors (Lipinski definition) is 3. The molecule has 0 saturated carbocycles. The molecule has 186 valence electrons. The zero-order chi connectivity index (χ0) is 24.7. The van der Waals surface area contributed by atoms with Gasteiger partial charge in [-0.1, -0.05) is 30.3 Å². The third-order valence-electron chi connectivity index (χ3n) is 7.48. The van der Waals surface area contributed by atoms with Crippen molar-refractivity contribution < 1.29 is 9.53 Å². The number of aromatic amines is 1. The van der Waals surface area contributed by atoms with Crippen molar-refractivity contribution in [2.75, 3.05) is 50.6 Å². The van der Waals surface area contributed by atoms with Gasteiger partial charge < -0.3 is 30.1 Å². The molecule has 0 aliphatic carbocycles. The van der Waals surface area contributed by atoms with Gasteiger partial charge in [-0.05, 0) is 31.3 Å². The average Bonchev–Trinajstić information content (AvgIpc) is 3.47. The van der Waals surface area contributed by atoms with Gasteiger partial charge in [-0.3, -0.25) is 9.89 Å². The van der Waals surface area contributed by atoms with Gasteiger partial charge >= 0.3 is 0 Å². The Morgan fingerprint density at radius 1 is 1.00 bits per heavy atom. The van der Waals surface area contributed by atoms with Crippen molar-refractivity contribution in [1.82, 2.24) is 25.3 Å². The van der Waals surface area contributed by atoms with Crippen LogP contribution in [0.25, 0.3) is 0 Å². The number of nitrogens with one attached hydrogen (secondary N) is 3. The molecule has 3 N–H and O–H groups in total. The first-order valence-electron chi connectivity index (χ1n) is 12.3. The van der Waals surface area contributed by atoms with E-state index in [1.807, 2.05) is 48.7 Å². The minimum atomic E-state index is -0.674. The lowest BCUT2D eigenvalue weighted by Gasteiger charge is -2.46. The highest BCUT2D eigenvalue weighted by Gasteiger charge is 2.46. The molecular weight excluding hydrogens is 454 g/mol. The lowest BCUT2D eigenvalue weighted by molar-refractivity contribution is -0.0474. The number of rotatable bonds is 6. The maximum absolute atomic E-state index is 13.0. The summed E-state index contributed by atoms with van der Waals surface area (Å²) in [7, 11) is 3.86. The number of benzene rings is 2. The van der Waals surface area contributed by atoms with Gasteiger partial charge in [-0.2, -0.15) is 5.10 Å². The number of fused-ring (bicyclic) bond motifs is 1. The van der Waals surface area contributed by atoms with Crippen LogP contribution in [-0.4, -0.2) is 66.2 Å². The van der Waals surface area contributed by atoms with Crippen LogP contribution in [0.15, 0.2) is 66.5 Å². The highest BCUT2D eigenvalue weighted by molar-refractivity contribution is 6.04. The second kappa shape index (κ2) is 9.00. The van der Waals surface area contributed by atoms with Crippen LogP contribution in [0.5, 0.6) is 0 Å². The number of nitrogens with zero attached hydrogens (tertiary/aromatic N) is 4. The minimum Gasteiger partial charge on any atom is -0.369 e. The maximum Gasteiger partial charge on any atom is 0.256 e. The highest BCUT2D eigenvalue weighted by Crippen LogP contribution is 2.42. The Bertz CT molecular complexity index is 1280. The largest absolute Gasteiger partial charge is 0.369 e. The molecule has 0 unspecified atom stereocenters. The molecule has 3 aliphatic heterocycles. The number of anilines is 2. The fourth-order valence-corrected chi connectivity index (χ4v) is 5.25. The molecule has 1 fully saturated rings. The van der Waals surface area contributed by atoms with Gasteiger partial charge in [0.05, 0.1) is 17.9 Å². The Labute approximate surface area is 210 Å². The molecule has 0 bridgehead atoms. The fraction of sp³-hybridized carbons (Fsp3) is 0.333. The fourth-order valence-electron chi connectivity index (χ4n) is 5.25. The van der Waals surface area contributed by atoms with Gasteiger partial charge in [0.2, 0.25) is 5.72 Å². The Hall–Kier alpha value is -3.82. The van der Waals surface area contributed by atoms with Crippen LogP contribution in [0, 0.1) is 0 Å². The number of aromatic nitrogens is 2. The smallest absolute Gasteiger partial charge is 0.256 e. The Kier molecular flexibility index (Phi) is 5.66. The number of piperazine rings is 1. The molecule has 9 nitrogen and oxygen atoms in total. The molecule has 0 spiro atoms. The normalized spacial score (nSPS) is 21.4. The molecule has 1 amide bonds. The molecule has 1 saturated heterocycles. The summed E-state index contributed by atoms with van der Waals surface area (Å²) in [4.78, 5) is 20.0. The molecule has 36 heavy (non-hydrogen) atoms. The third-order valence-corrected chi connectivity index (χ3v) is 7.48. The van der Waals surface area contributed by atoms with Gasteiger partial charge in [-0.25, -0.2) is 0 Å². The first kappa shape index (κ1) is 22.6. The number of methoxy groups -OCH3 is 1. The first-order chi connectivity index (χ1) is 17.6. The SMILES string of the molecule is CO[C@@]1(c2ccccc2)NC=C1N1Cc2[nH]nc(NC(=O)c3ccc(N4CCN(C)CC4)cc3)c2C1. The minimum absolute atomic E-state index is 0.160. The molecule has 3 aliphatic rings. The van der Waals surface area contributed by atoms with Crippen molar-refractivity contribution in [3.8, 4) is 0 Å². The third kappa shape index (κ3) is 3.81. The van der Waals surface area contributed by atoms with Crippen LogP contribution in [-0.2, 0) is 23.6 Å².